The number of methoxy groups -OCH3 is 1. The molecule has 0 bridgehead atoms. The average Bonchev–Trinajstić information content (AvgIpc) is 2.81. The van der Waals surface area contributed by atoms with Crippen LogP contribution < -0.4 is 10.6 Å². The topological polar surface area (TPSA) is 50.4 Å². The number of carbonyl (C=O) groups excluding carboxylic acids is 1. The van der Waals surface area contributed by atoms with Crippen molar-refractivity contribution < 1.29 is 9.53 Å². The lowest BCUT2D eigenvalue weighted by molar-refractivity contribution is -0.123. The van der Waals surface area contributed by atoms with Gasteiger partial charge in [0.15, 0.2) is 0 Å². The lowest BCUT2D eigenvalue weighted by atomic mass is 10.1. The SMILES string of the molecule is COCCNC(=O)C(C)NC1CCc2cc(Cl)ccc21. The highest BCUT2D eigenvalue weighted by molar-refractivity contribution is 6.30. The number of halogens is 1. The second-order valence-electron chi connectivity index (χ2n) is 5.11. The second-order valence-corrected chi connectivity index (χ2v) is 5.54. The van der Waals surface area contributed by atoms with Gasteiger partial charge in [-0.3, -0.25) is 10.1 Å². The molecule has 1 amide bonds. The number of carbonyl (C=O) groups is 1. The van der Waals surface area contributed by atoms with Crippen LogP contribution in [-0.2, 0) is 16.0 Å². The maximum absolute atomic E-state index is 11.9. The molecule has 2 N–H and O–H groups in total. The van der Waals surface area contributed by atoms with E-state index in [-0.39, 0.29) is 18.0 Å². The third-order valence-corrected chi connectivity index (χ3v) is 3.87. The lowest BCUT2D eigenvalue weighted by Crippen LogP contribution is -2.44. The van der Waals surface area contributed by atoms with E-state index in [2.05, 4.69) is 16.7 Å². The van der Waals surface area contributed by atoms with E-state index in [1.165, 1.54) is 11.1 Å². The predicted octanol–water partition coefficient (Wildman–Crippen LogP) is 2.07. The molecule has 1 aromatic rings. The first-order chi connectivity index (χ1) is 9.61. The molecule has 0 radical (unpaired) electrons. The molecule has 5 heteroatoms. The minimum Gasteiger partial charge on any atom is -0.383 e. The number of benzene rings is 1. The maximum atomic E-state index is 11.9. The Balaban J connectivity index is 1.90. The molecule has 0 aromatic heterocycles. The molecule has 2 rings (SSSR count). The van der Waals surface area contributed by atoms with E-state index in [4.69, 9.17) is 16.3 Å². The molecule has 1 aromatic carbocycles. The molecule has 0 aliphatic heterocycles. The van der Waals surface area contributed by atoms with Gasteiger partial charge in [-0.05, 0) is 43.0 Å². The Hall–Kier alpha value is -1.10. The van der Waals surface area contributed by atoms with E-state index >= 15 is 0 Å². The molecule has 0 heterocycles. The Morgan fingerprint density at radius 3 is 3.10 bits per heavy atom. The summed E-state index contributed by atoms with van der Waals surface area (Å²) < 4.78 is 4.92. The van der Waals surface area contributed by atoms with Gasteiger partial charge in [-0.1, -0.05) is 17.7 Å². The smallest absolute Gasteiger partial charge is 0.236 e. The summed E-state index contributed by atoms with van der Waals surface area (Å²) in [5, 5.41) is 7.00. The number of rotatable bonds is 6. The number of aryl methyl sites for hydroxylation is 1. The van der Waals surface area contributed by atoms with Crippen LogP contribution in [0.15, 0.2) is 18.2 Å². The van der Waals surface area contributed by atoms with E-state index in [0.717, 1.165) is 17.9 Å². The van der Waals surface area contributed by atoms with Crippen molar-refractivity contribution >= 4 is 17.5 Å². The Morgan fingerprint density at radius 2 is 2.35 bits per heavy atom. The first kappa shape index (κ1) is 15.3. The molecule has 1 aliphatic carbocycles. The largest absolute Gasteiger partial charge is 0.383 e. The number of ether oxygens (including phenoxy) is 1. The highest BCUT2D eigenvalue weighted by atomic mass is 35.5. The summed E-state index contributed by atoms with van der Waals surface area (Å²) in [6, 6.07) is 5.98. The van der Waals surface area contributed by atoms with Crippen LogP contribution in [0.5, 0.6) is 0 Å². The summed E-state index contributed by atoms with van der Waals surface area (Å²) in [6.07, 6.45) is 2.01. The molecule has 110 valence electrons. The molecule has 4 nitrogen and oxygen atoms in total. The summed E-state index contributed by atoms with van der Waals surface area (Å²) in [5.41, 5.74) is 2.54. The molecule has 0 saturated heterocycles. The van der Waals surface area contributed by atoms with Crippen molar-refractivity contribution in [1.82, 2.24) is 10.6 Å². The fraction of sp³-hybridized carbons (Fsp3) is 0.533. The van der Waals surface area contributed by atoms with Crippen LogP contribution in [0.4, 0.5) is 0 Å². The Morgan fingerprint density at radius 1 is 1.55 bits per heavy atom. The Kier molecular flexibility index (Phi) is 5.40. The number of hydrogen-bond acceptors (Lipinski definition) is 3. The van der Waals surface area contributed by atoms with Gasteiger partial charge in [0.2, 0.25) is 5.91 Å². The van der Waals surface area contributed by atoms with Crippen molar-refractivity contribution in [3.63, 3.8) is 0 Å². The van der Waals surface area contributed by atoms with Gasteiger partial charge in [-0.25, -0.2) is 0 Å². The van der Waals surface area contributed by atoms with E-state index in [1.54, 1.807) is 7.11 Å². The fourth-order valence-electron chi connectivity index (χ4n) is 2.57. The van der Waals surface area contributed by atoms with E-state index in [1.807, 2.05) is 19.1 Å². The van der Waals surface area contributed by atoms with Crippen LogP contribution >= 0.6 is 11.6 Å². The molecular formula is C15H21ClN2O2. The van der Waals surface area contributed by atoms with Crippen molar-refractivity contribution in [3.8, 4) is 0 Å². The summed E-state index contributed by atoms with van der Waals surface area (Å²) in [6.45, 7) is 2.96. The van der Waals surface area contributed by atoms with Crippen LogP contribution in [0.1, 0.15) is 30.5 Å². The first-order valence-electron chi connectivity index (χ1n) is 6.93. The monoisotopic (exact) mass is 296 g/mol. The van der Waals surface area contributed by atoms with Crippen LogP contribution in [0.25, 0.3) is 0 Å². The minimum absolute atomic E-state index is 0.00413. The van der Waals surface area contributed by atoms with Crippen LogP contribution in [0.2, 0.25) is 5.02 Å². The highest BCUT2D eigenvalue weighted by Crippen LogP contribution is 2.33. The zero-order valence-corrected chi connectivity index (χ0v) is 12.7. The van der Waals surface area contributed by atoms with Gasteiger partial charge in [0.25, 0.3) is 0 Å². The number of hydrogen-bond donors (Lipinski definition) is 2. The van der Waals surface area contributed by atoms with Crippen molar-refractivity contribution in [1.29, 1.82) is 0 Å². The summed E-state index contributed by atoms with van der Waals surface area (Å²) in [5.74, 6) is 0.00413. The molecule has 0 fully saturated rings. The van der Waals surface area contributed by atoms with Gasteiger partial charge in [-0.2, -0.15) is 0 Å². The van der Waals surface area contributed by atoms with Crippen molar-refractivity contribution in [3.05, 3.63) is 34.3 Å². The fourth-order valence-corrected chi connectivity index (χ4v) is 2.76. The van der Waals surface area contributed by atoms with Crippen molar-refractivity contribution in [2.24, 2.45) is 0 Å². The molecule has 1 aliphatic rings. The molecule has 0 saturated carbocycles. The van der Waals surface area contributed by atoms with Gasteiger partial charge < -0.3 is 10.1 Å². The Bertz CT molecular complexity index is 479. The summed E-state index contributed by atoms with van der Waals surface area (Å²) in [7, 11) is 1.62. The van der Waals surface area contributed by atoms with Crippen LogP contribution in [0, 0.1) is 0 Å². The predicted molar refractivity (Wildman–Crippen MR) is 80.0 cm³/mol. The van der Waals surface area contributed by atoms with Gasteiger partial charge in [0.1, 0.15) is 0 Å². The number of nitrogens with one attached hydrogen (secondary N) is 2. The van der Waals surface area contributed by atoms with Gasteiger partial charge in [0, 0.05) is 24.7 Å². The van der Waals surface area contributed by atoms with Crippen molar-refractivity contribution in [2.75, 3.05) is 20.3 Å². The molecule has 0 spiro atoms. The van der Waals surface area contributed by atoms with Crippen LogP contribution in [-0.4, -0.2) is 32.2 Å². The average molecular weight is 297 g/mol. The number of amides is 1. The summed E-state index contributed by atoms with van der Waals surface area (Å²) >= 11 is 6.00. The third kappa shape index (κ3) is 3.72. The molecule has 2 unspecified atom stereocenters. The zero-order chi connectivity index (χ0) is 14.5. The lowest BCUT2D eigenvalue weighted by Gasteiger charge is -2.20. The Labute approximate surface area is 124 Å². The molecule has 20 heavy (non-hydrogen) atoms. The highest BCUT2D eigenvalue weighted by Gasteiger charge is 2.25. The second kappa shape index (κ2) is 7.07. The van der Waals surface area contributed by atoms with Gasteiger partial charge in [-0.15, -0.1) is 0 Å². The van der Waals surface area contributed by atoms with Crippen molar-refractivity contribution in [2.45, 2.75) is 31.8 Å². The van der Waals surface area contributed by atoms with E-state index in [0.29, 0.717) is 13.2 Å². The normalized spacial score (nSPS) is 18.6. The molecular weight excluding hydrogens is 276 g/mol. The van der Waals surface area contributed by atoms with Gasteiger partial charge in [0.05, 0.1) is 12.6 Å². The minimum atomic E-state index is -0.224. The quantitative estimate of drug-likeness (QED) is 0.790. The van der Waals surface area contributed by atoms with E-state index in [9.17, 15) is 4.79 Å². The van der Waals surface area contributed by atoms with Gasteiger partial charge >= 0.3 is 0 Å². The molecule has 2 atom stereocenters. The first-order valence-corrected chi connectivity index (χ1v) is 7.30. The van der Waals surface area contributed by atoms with E-state index < -0.39 is 0 Å². The summed E-state index contributed by atoms with van der Waals surface area (Å²) in [4.78, 5) is 11.9. The zero-order valence-electron chi connectivity index (χ0n) is 11.9. The third-order valence-electron chi connectivity index (χ3n) is 3.63. The van der Waals surface area contributed by atoms with Crippen LogP contribution in [0.3, 0.4) is 0 Å². The maximum Gasteiger partial charge on any atom is 0.236 e. The number of fused-ring (bicyclic) bond motifs is 1. The standard InChI is InChI=1S/C15H21ClN2O2/c1-10(15(19)17-7-8-20-2)18-14-6-3-11-9-12(16)4-5-13(11)14/h4-5,9-10,14,18H,3,6-8H2,1-2H3,(H,17,19).